The molecule has 1 aliphatic rings. The van der Waals surface area contributed by atoms with Crippen molar-refractivity contribution >= 4 is 12.4 Å². The van der Waals surface area contributed by atoms with Crippen LogP contribution in [0.1, 0.15) is 31.4 Å². The van der Waals surface area contributed by atoms with Crippen LogP contribution in [0.3, 0.4) is 0 Å². The zero-order valence-corrected chi connectivity index (χ0v) is 9.58. The molecular weight excluding hydrogens is 239 g/mol. The van der Waals surface area contributed by atoms with E-state index in [1.165, 1.54) is 0 Å². The Morgan fingerprint density at radius 2 is 1.69 bits per heavy atom. The molecule has 5 heteroatoms. The van der Waals surface area contributed by atoms with Gasteiger partial charge in [0.2, 0.25) is 0 Å². The van der Waals surface area contributed by atoms with Gasteiger partial charge in [-0.2, -0.15) is 0 Å². The van der Waals surface area contributed by atoms with Gasteiger partial charge in [0.05, 0.1) is 0 Å². The smallest absolute Gasteiger partial charge is 0.194 e. The highest BCUT2D eigenvalue weighted by molar-refractivity contribution is 5.85. The van der Waals surface area contributed by atoms with E-state index < -0.39 is 17.5 Å². The molecule has 1 saturated heterocycles. The second-order valence-corrected chi connectivity index (χ2v) is 4.00. The van der Waals surface area contributed by atoms with Crippen molar-refractivity contribution in [2.45, 2.75) is 31.8 Å². The average Bonchev–Trinajstić information content (AvgIpc) is 2.60. The Morgan fingerprint density at radius 1 is 1.12 bits per heavy atom. The van der Waals surface area contributed by atoms with Crippen molar-refractivity contribution in [2.75, 3.05) is 0 Å². The molecule has 1 aromatic carbocycles. The molecule has 0 saturated carbocycles. The van der Waals surface area contributed by atoms with Gasteiger partial charge in [-0.1, -0.05) is 0 Å². The zero-order chi connectivity index (χ0) is 11.0. The standard InChI is InChI=1S/C11H12F3N.ClH/c1-6-2-3-10(15-6)7-4-8(12)11(14)9(13)5-7;/h4-6,10,15H,2-3H2,1H3;1H/t6-,10-;/m0./s1. The lowest BCUT2D eigenvalue weighted by Gasteiger charge is -2.12. The Balaban J connectivity index is 0.00000128. The molecule has 2 rings (SSSR count). The van der Waals surface area contributed by atoms with Gasteiger partial charge in [0.25, 0.3) is 0 Å². The van der Waals surface area contributed by atoms with Crippen molar-refractivity contribution in [3.63, 3.8) is 0 Å². The van der Waals surface area contributed by atoms with Gasteiger partial charge in [0.15, 0.2) is 17.5 Å². The first kappa shape index (κ1) is 13.3. The van der Waals surface area contributed by atoms with Crippen molar-refractivity contribution in [1.82, 2.24) is 5.32 Å². The summed E-state index contributed by atoms with van der Waals surface area (Å²) in [7, 11) is 0. The molecular formula is C11H13ClF3N. The largest absolute Gasteiger partial charge is 0.307 e. The lowest BCUT2D eigenvalue weighted by molar-refractivity contribution is 0.441. The van der Waals surface area contributed by atoms with Gasteiger partial charge in [-0.25, -0.2) is 13.2 Å². The zero-order valence-electron chi connectivity index (χ0n) is 8.77. The summed E-state index contributed by atoms with van der Waals surface area (Å²) >= 11 is 0. The molecule has 1 N–H and O–H groups in total. The number of hydrogen-bond acceptors (Lipinski definition) is 1. The van der Waals surface area contributed by atoms with E-state index in [2.05, 4.69) is 5.32 Å². The first-order valence-electron chi connectivity index (χ1n) is 4.98. The van der Waals surface area contributed by atoms with Gasteiger partial charge in [0.1, 0.15) is 0 Å². The minimum Gasteiger partial charge on any atom is -0.307 e. The predicted octanol–water partition coefficient (Wildman–Crippen LogP) is 3.34. The molecule has 1 aliphatic heterocycles. The van der Waals surface area contributed by atoms with Crippen LogP contribution >= 0.6 is 12.4 Å². The lowest BCUT2D eigenvalue weighted by Crippen LogP contribution is -2.21. The molecule has 0 aliphatic carbocycles. The Morgan fingerprint density at radius 3 is 2.12 bits per heavy atom. The molecule has 1 fully saturated rings. The monoisotopic (exact) mass is 251 g/mol. The summed E-state index contributed by atoms with van der Waals surface area (Å²) in [6.45, 7) is 2.01. The summed E-state index contributed by atoms with van der Waals surface area (Å²) in [5.41, 5.74) is 0.482. The number of halogens is 4. The van der Waals surface area contributed by atoms with Crippen LogP contribution < -0.4 is 5.32 Å². The molecule has 0 bridgehead atoms. The fourth-order valence-electron chi connectivity index (χ4n) is 1.97. The van der Waals surface area contributed by atoms with Crippen LogP contribution in [0, 0.1) is 17.5 Å². The number of nitrogens with one attached hydrogen (secondary N) is 1. The number of benzene rings is 1. The second-order valence-electron chi connectivity index (χ2n) is 4.00. The number of rotatable bonds is 1. The van der Waals surface area contributed by atoms with E-state index in [1.807, 2.05) is 6.92 Å². The first-order valence-corrected chi connectivity index (χ1v) is 4.98. The van der Waals surface area contributed by atoms with E-state index in [0.29, 0.717) is 11.6 Å². The van der Waals surface area contributed by atoms with Crippen LogP contribution in [0.5, 0.6) is 0 Å². The van der Waals surface area contributed by atoms with Gasteiger partial charge in [-0.3, -0.25) is 0 Å². The summed E-state index contributed by atoms with van der Waals surface area (Å²) in [6, 6.07) is 2.40. The lowest BCUT2D eigenvalue weighted by atomic mass is 10.0. The highest BCUT2D eigenvalue weighted by atomic mass is 35.5. The maximum Gasteiger partial charge on any atom is 0.194 e. The third kappa shape index (κ3) is 2.50. The highest BCUT2D eigenvalue weighted by Gasteiger charge is 2.23. The van der Waals surface area contributed by atoms with Gasteiger partial charge in [0, 0.05) is 12.1 Å². The first-order chi connectivity index (χ1) is 7.08. The minimum atomic E-state index is -1.40. The Bertz CT molecular complexity index is 360. The van der Waals surface area contributed by atoms with Crippen molar-refractivity contribution in [3.8, 4) is 0 Å². The van der Waals surface area contributed by atoms with Crippen LogP contribution in [0.2, 0.25) is 0 Å². The molecule has 1 nitrogen and oxygen atoms in total. The molecule has 1 aromatic rings. The van der Waals surface area contributed by atoms with Crippen LogP contribution in [0.4, 0.5) is 13.2 Å². The van der Waals surface area contributed by atoms with Crippen molar-refractivity contribution in [1.29, 1.82) is 0 Å². The maximum absolute atomic E-state index is 12.9. The van der Waals surface area contributed by atoms with Crippen molar-refractivity contribution in [2.24, 2.45) is 0 Å². The van der Waals surface area contributed by atoms with Crippen molar-refractivity contribution < 1.29 is 13.2 Å². The van der Waals surface area contributed by atoms with E-state index in [0.717, 1.165) is 25.0 Å². The van der Waals surface area contributed by atoms with E-state index in [9.17, 15) is 13.2 Å². The molecule has 0 spiro atoms. The van der Waals surface area contributed by atoms with E-state index in [1.54, 1.807) is 0 Å². The van der Waals surface area contributed by atoms with E-state index in [4.69, 9.17) is 0 Å². The van der Waals surface area contributed by atoms with Crippen LogP contribution in [-0.4, -0.2) is 6.04 Å². The van der Waals surface area contributed by atoms with Crippen molar-refractivity contribution in [3.05, 3.63) is 35.1 Å². The van der Waals surface area contributed by atoms with Gasteiger partial charge >= 0.3 is 0 Å². The quantitative estimate of drug-likeness (QED) is 0.755. The molecule has 0 amide bonds. The van der Waals surface area contributed by atoms with Gasteiger partial charge in [-0.15, -0.1) is 12.4 Å². The summed E-state index contributed by atoms with van der Waals surface area (Å²) in [6.07, 6.45) is 1.79. The fourth-order valence-corrected chi connectivity index (χ4v) is 1.97. The molecule has 0 aromatic heterocycles. The Kier molecular flexibility index (Phi) is 4.21. The Hall–Kier alpha value is -0.740. The third-order valence-electron chi connectivity index (χ3n) is 2.78. The SMILES string of the molecule is C[C@H]1CC[C@@H](c2cc(F)c(F)c(F)c2)N1.Cl. The van der Waals surface area contributed by atoms with Crippen LogP contribution in [-0.2, 0) is 0 Å². The normalized spacial score (nSPS) is 24.2. The molecule has 1 heterocycles. The maximum atomic E-state index is 12.9. The van der Waals surface area contributed by atoms with E-state index in [-0.39, 0.29) is 18.4 Å². The summed E-state index contributed by atoms with van der Waals surface area (Å²) in [5.74, 6) is -3.64. The second kappa shape index (κ2) is 5.06. The summed E-state index contributed by atoms with van der Waals surface area (Å²) < 4.78 is 38.6. The Labute approximate surface area is 98.4 Å². The van der Waals surface area contributed by atoms with E-state index >= 15 is 0 Å². The molecule has 0 unspecified atom stereocenters. The fraction of sp³-hybridized carbons (Fsp3) is 0.455. The van der Waals surface area contributed by atoms with Gasteiger partial charge in [-0.05, 0) is 37.5 Å². The topological polar surface area (TPSA) is 12.0 Å². The van der Waals surface area contributed by atoms with Gasteiger partial charge < -0.3 is 5.32 Å². The molecule has 2 atom stereocenters. The third-order valence-corrected chi connectivity index (χ3v) is 2.78. The highest BCUT2D eigenvalue weighted by Crippen LogP contribution is 2.28. The molecule has 0 radical (unpaired) electrons. The summed E-state index contributed by atoms with van der Waals surface area (Å²) in [5, 5.41) is 3.19. The van der Waals surface area contributed by atoms with Crippen LogP contribution in [0.15, 0.2) is 12.1 Å². The number of hydrogen-bond donors (Lipinski definition) is 1. The summed E-state index contributed by atoms with van der Waals surface area (Å²) in [4.78, 5) is 0. The minimum absolute atomic E-state index is 0. The predicted molar refractivity (Wildman–Crippen MR) is 58.1 cm³/mol. The molecule has 90 valence electrons. The van der Waals surface area contributed by atoms with Crippen LogP contribution in [0.25, 0.3) is 0 Å². The molecule has 16 heavy (non-hydrogen) atoms. The average molecular weight is 252 g/mol.